The molecule has 0 saturated carbocycles. The standard InChI is InChI=1S/C21H15BrN4O2S2/c22-18-9-8-16(28-18)19-24-25-21(26(19)11-14-5-2-1-3-6-14)30-13-15-12-27-20(23-15)17-7-4-10-29-17/h1-10,12H,11,13H2. The minimum Gasteiger partial charge on any atom is -0.446 e. The smallest absolute Gasteiger partial charge is 0.236 e. The van der Waals surface area contributed by atoms with Crippen LogP contribution in [-0.4, -0.2) is 19.7 Å². The lowest BCUT2D eigenvalue weighted by atomic mass is 10.2. The molecule has 0 atom stereocenters. The summed E-state index contributed by atoms with van der Waals surface area (Å²) in [6.07, 6.45) is 1.70. The van der Waals surface area contributed by atoms with Crippen molar-refractivity contribution in [1.29, 1.82) is 0 Å². The first-order chi connectivity index (χ1) is 14.8. The fraction of sp³-hybridized carbons (Fsp3) is 0.0952. The van der Waals surface area contributed by atoms with Crippen LogP contribution in [0.2, 0.25) is 0 Å². The predicted molar refractivity (Wildman–Crippen MR) is 120 cm³/mol. The number of thioether (sulfide) groups is 1. The van der Waals surface area contributed by atoms with Gasteiger partial charge in [-0.15, -0.1) is 21.5 Å². The van der Waals surface area contributed by atoms with E-state index in [1.807, 2.05) is 47.8 Å². The van der Waals surface area contributed by atoms with Gasteiger partial charge < -0.3 is 8.83 Å². The van der Waals surface area contributed by atoms with Crippen LogP contribution >= 0.6 is 39.0 Å². The van der Waals surface area contributed by atoms with Gasteiger partial charge in [0.15, 0.2) is 15.6 Å². The van der Waals surface area contributed by atoms with E-state index in [0.717, 1.165) is 21.3 Å². The molecule has 9 heteroatoms. The van der Waals surface area contributed by atoms with E-state index in [4.69, 9.17) is 8.83 Å². The number of thiophene rings is 1. The lowest BCUT2D eigenvalue weighted by molar-refractivity contribution is 0.545. The number of halogens is 1. The fourth-order valence-electron chi connectivity index (χ4n) is 2.95. The monoisotopic (exact) mass is 498 g/mol. The average molecular weight is 499 g/mol. The molecule has 30 heavy (non-hydrogen) atoms. The highest BCUT2D eigenvalue weighted by Gasteiger charge is 2.18. The second kappa shape index (κ2) is 8.63. The Hall–Kier alpha value is -2.62. The van der Waals surface area contributed by atoms with Gasteiger partial charge in [-0.1, -0.05) is 48.2 Å². The molecule has 0 aliphatic rings. The highest BCUT2D eigenvalue weighted by atomic mass is 79.9. The number of furan rings is 1. The zero-order chi connectivity index (χ0) is 20.3. The molecular formula is C21H15BrN4O2S2. The quantitative estimate of drug-likeness (QED) is 0.243. The Morgan fingerprint density at radius 2 is 1.93 bits per heavy atom. The molecule has 0 radical (unpaired) electrons. The summed E-state index contributed by atoms with van der Waals surface area (Å²) in [6, 6.07) is 17.9. The molecule has 0 bridgehead atoms. The summed E-state index contributed by atoms with van der Waals surface area (Å²) in [7, 11) is 0. The summed E-state index contributed by atoms with van der Waals surface area (Å²) in [6.45, 7) is 0.642. The molecule has 0 N–H and O–H groups in total. The largest absolute Gasteiger partial charge is 0.446 e. The third kappa shape index (κ3) is 4.14. The fourth-order valence-corrected chi connectivity index (χ4v) is 4.72. The van der Waals surface area contributed by atoms with Crippen LogP contribution in [0.4, 0.5) is 0 Å². The molecule has 0 unspecified atom stereocenters. The van der Waals surface area contributed by atoms with Crippen LogP contribution in [0.5, 0.6) is 0 Å². The Bertz CT molecular complexity index is 1250. The third-order valence-electron chi connectivity index (χ3n) is 4.33. The van der Waals surface area contributed by atoms with E-state index in [0.29, 0.717) is 34.4 Å². The molecule has 5 aromatic rings. The maximum atomic E-state index is 5.73. The number of benzene rings is 1. The van der Waals surface area contributed by atoms with Crippen molar-refractivity contribution in [2.75, 3.05) is 0 Å². The number of rotatable bonds is 7. The first-order valence-electron chi connectivity index (χ1n) is 9.10. The summed E-state index contributed by atoms with van der Waals surface area (Å²) < 4.78 is 14.1. The van der Waals surface area contributed by atoms with Gasteiger partial charge >= 0.3 is 0 Å². The summed E-state index contributed by atoms with van der Waals surface area (Å²) in [5.41, 5.74) is 2.02. The Morgan fingerprint density at radius 1 is 1.03 bits per heavy atom. The Labute approximate surface area is 189 Å². The molecule has 0 aliphatic carbocycles. The lowest BCUT2D eigenvalue weighted by Crippen LogP contribution is -2.04. The van der Waals surface area contributed by atoms with Gasteiger partial charge in [-0.2, -0.15) is 0 Å². The van der Waals surface area contributed by atoms with E-state index in [1.165, 1.54) is 0 Å². The van der Waals surface area contributed by atoms with E-state index in [2.05, 4.69) is 47.8 Å². The van der Waals surface area contributed by atoms with E-state index in [-0.39, 0.29) is 0 Å². The number of aromatic nitrogens is 4. The Kier molecular flexibility index (Phi) is 5.56. The molecule has 150 valence electrons. The molecule has 0 amide bonds. The second-order valence-electron chi connectivity index (χ2n) is 6.39. The molecule has 5 rings (SSSR count). The third-order valence-corrected chi connectivity index (χ3v) is 6.61. The minimum absolute atomic E-state index is 0.629. The predicted octanol–water partition coefficient (Wildman–Crippen LogP) is 6.36. The second-order valence-corrected chi connectivity index (χ2v) is 9.06. The molecular weight excluding hydrogens is 484 g/mol. The van der Waals surface area contributed by atoms with Gasteiger partial charge in [0.1, 0.15) is 6.26 Å². The van der Waals surface area contributed by atoms with E-state index < -0.39 is 0 Å². The van der Waals surface area contributed by atoms with Gasteiger partial charge in [-0.05, 0) is 45.1 Å². The van der Waals surface area contributed by atoms with Crippen LogP contribution in [0.1, 0.15) is 11.3 Å². The van der Waals surface area contributed by atoms with Crippen LogP contribution < -0.4 is 0 Å². The van der Waals surface area contributed by atoms with Gasteiger partial charge in [-0.25, -0.2) is 4.98 Å². The van der Waals surface area contributed by atoms with Crippen LogP contribution in [0, 0.1) is 0 Å². The van der Waals surface area contributed by atoms with Gasteiger partial charge in [0.25, 0.3) is 0 Å². The van der Waals surface area contributed by atoms with Crippen molar-refractivity contribution >= 4 is 39.0 Å². The SMILES string of the molecule is Brc1ccc(-c2nnc(SCc3coc(-c4cccs4)n3)n2Cc2ccccc2)o1. The molecule has 6 nitrogen and oxygen atoms in total. The van der Waals surface area contributed by atoms with Crippen molar-refractivity contribution in [2.45, 2.75) is 17.5 Å². The zero-order valence-corrected chi connectivity index (χ0v) is 18.8. The normalized spacial score (nSPS) is 11.2. The molecule has 0 spiro atoms. The first kappa shape index (κ1) is 19.3. The highest BCUT2D eigenvalue weighted by Crippen LogP contribution is 2.30. The van der Waals surface area contributed by atoms with Crippen LogP contribution in [0.15, 0.2) is 84.9 Å². The maximum Gasteiger partial charge on any atom is 0.236 e. The summed E-state index contributed by atoms with van der Waals surface area (Å²) >= 11 is 6.54. The van der Waals surface area contributed by atoms with Crippen molar-refractivity contribution in [1.82, 2.24) is 19.7 Å². The summed E-state index contributed by atoms with van der Waals surface area (Å²) in [5, 5.41) is 11.6. The van der Waals surface area contributed by atoms with Crippen molar-refractivity contribution in [2.24, 2.45) is 0 Å². The Balaban J connectivity index is 1.41. The van der Waals surface area contributed by atoms with E-state index in [9.17, 15) is 0 Å². The number of hydrogen-bond acceptors (Lipinski definition) is 7. The summed E-state index contributed by atoms with van der Waals surface area (Å²) in [5.74, 6) is 2.63. The number of nitrogens with zero attached hydrogens (tertiary/aromatic N) is 4. The summed E-state index contributed by atoms with van der Waals surface area (Å²) in [4.78, 5) is 5.61. The number of hydrogen-bond donors (Lipinski definition) is 0. The van der Waals surface area contributed by atoms with Crippen molar-refractivity contribution in [3.63, 3.8) is 0 Å². The number of oxazole rings is 1. The van der Waals surface area contributed by atoms with Crippen LogP contribution in [0.25, 0.3) is 22.4 Å². The maximum absolute atomic E-state index is 5.73. The van der Waals surface area contributed by atoms with Gasteiger partial charge in [0, 0.05) is 5.75 Å². The van der Waals surface area contributed by atoms with Crippen LogP contribution in [0.3, 0.4) is 0 Å². The van der Waals surface area contributed by atoms with Crippen molar-refractivity contribution in [3.8, 4) is 22.4 Å². The zero-order valence-electron chi connectivity index (χ0n) is 15.6. The molecule has 0 fully saturated rings. The molecule has 1 aromatic carbocycles. The minimum atomic E-state index is 0.629. The lowest BCUT2D eigenvalue weighted by Gasteiger charge is -2.09. The average Bonchev–Trinajstić information content (AvgIpc) is 3.55. The van der Waals surface area contributed by atoms with Crippen molar-refractivity contribution in [3.05, 3.63) is 82.2 Å². The van der Waals surface area contributed by atoms with Gasteiger partial charge in [0.05, 0.1) is 17.1 Å². The van der Waals surface area contributed by atoms with Gasteiger partial charge in [-0.3, -0.25) is 4.57 Å². The van der Waals surface area contributed by atoms with Crippen LogP contribution in [-0.2, 0) is 12.3 Å². The molecule has 4 aromatic heterocycles. The molecule has 0 aliphatic heterocycles. The topological polar surface area (TPSA) is 69.9 Å². The molecule has 0 saturated heterocycles. The van der Waals surface area contributed by atoms with Crippen molar-refractivity contribution < 1.29 is 8.83 Å². The first-order valence-corrected chi connectivity index (χ1v) is 11.8. The highest BCUT2D eigenvalue weighted by molar-refractivity contribution is 9.10. The Morgan fingerprint density at radius 3 is 2.70 bits per heavy atom. The molecule has 4 heterocycles. The van der Waals surface area contributed by atoms with Gasteiger partial charge in [0.2, 0.25) is 11.7 Å². The van der Waals surface area contributed by atoms with E-state index in [1.54, 1.807) is 29.4 Å². The van der Waals surface area contributed by atoms with E-state index >= 15 is 0 Å².